The van der Waals surface area contributed by atoms with Gasteiger partial charge in [-0.05, 0) is 31.0 Å². The molecule has 1 fully saturated rings. The molecule has 1 saturated carbocycles. The average molecular weight is 240 g/mol. The summed E-state index contributed by atoms with van der Waals surface area (Å²) in [5.41, 5.74) is 0.802. The number of benzene rings is 1. The zero-order valence-corrected chi connectivity index (χ0v) is 9.06. The molecule has 1 nitrogen and oxygen atoms in total. The van der Waals surface area contributed by atoms with Crippen molar-refractivity contribution in [1.82, 2.24) is 4.98 Å². The van der Waals surface area contributed by atoms with Crippen molar-refractivity contribution in [1.29, 1.82) is 0 Å². The molecule has 0 amide bonds. The first-order valence-corrected chi connectivity index (χ1v) is 5.49. The highest BCUT2D eigenvalue weighted by molar-refractivity contribution is 6.35. The van der Waals surface area contributed by atoms with E-state index < -0.39 is 11.6 Å². The van der Waals surface area contributed by atoms with E-state index in [4.69, 9.17) is 11.6 Å². The van der Waals surface area contributed by atoms with Crippen LogP contribution < -0.4 is 0 Å². The van der Waals surface area contributed by atoms with Crippen molar-refractivity contribution in [3.63, 3.8) is 0 Å². The first-order chi connectivity index (χ1) is 7.66. The molecule has 1 aliphatic rings. The highest BCUT2D eigenvalue weighted by Crippen LogP contribution is 2.41. The molecule has 0 aliphatic heterocycles. The van der Waals surface area contributed by atoms with Gasteiger partial charge in [-0.1, -0.05) is 11.6 Å². The van der Waals surface area contributed by atoms with Gasteiger partial charge in [0.25, 0.3) is 0 Å². The molecule has 2 aromatic rings. The molecule has 16 heavy (non-hydrogen) atoms. The van der Waals surface area contributed by atoms with Crippen LogP contribution in [0.3, 0.4) is 0 Å². The molecule has 0 spiro atoms. The summed E-state index contributed by atoms with van der Waals surface area (Å²) in [7, 11) is 0. The minimum Gasteiger partial charge on any atom is -0.249 e. The molecule has 0 bridgehead atoms. The van der Waals surface area contributed by atoms with E-state index in [1.54, 1.807) is 6.07 Å². The molecule has 1 aromatic heterocycles. The average Bonchev–Trinajstić information content (AvgIpc) is 3.06. The van der Waals surface area contributed by atoms with Crippen LogP contribution in [0.1, 0.15) is 24.5 Å². The van der Waals surface area contributed by atoms with Gasteiger partial charge in [-0.2, -0.15) is 0 Å². The van der Waals surface area contributed by atoms with E-state index in [2.05, 4.69) is 4.98 Å². The zero-order chi connectivity index (χ0) is 11.3. The van der Waals surface area contributed by atoms with Gasteiger partial charge in [-0.15, -0.1) is 0 Å². The van der Waals surface area contributed by atoms with Gasteiger partial charge in [0.15, 0.2) is 0 Å². The molecule has 3 rings (SSSR count). The van der Waals surface area contributed by atoms with E-state index in [0.717, 1.165) is 30.7 Å². The van der Waals surface area contributed by atoms with Crippen molar-refractivity contribution in [3.05, 3.63) is 40.6 Å². The van der Waals surface area contributed by atoms with Gasteiger partial charge in [-0.3, -0.25) is 0 Å². The Morgan fingerprint density at radius 2 is 1.88 bits per heavy atom. The van der Waals surface area contributed by atoms with Gasteiger partial charge in [-0.25, -0.2) is 13.8 Å². The number of pyridine rings is 1. The van der Waals surface area contributed by atoms with Gasteiger partial charge in [0.05, 0.1) is 10.4 Å². The van der Waals surface area contributed by atoms with E-state index in [1.165, 1.54) is 0 Å². The SMILES string of the molecule is Fc1ccc(F)c2c(Cl)cc(C3CC3)nc12. The number of fused-ring (bicyclic) bond motifs is 1. The van der Waals surface area contributed by atoms with Crippen LogP contribution >= 0.6 is 11.6 Å². The van der Waals surface area contributed by atoms with Crippen molar-refractivity contribution in [2.24, 2.45) is 0 Å². The van der Waals surface area contributed by atoms with Crippen molar-refractivity contribution < 1.29 is 8.78 Å². The predicted octanol–water partition coefficient (Wildman–Crippen LogP) is 4.04. The maximum absolute atomic E-state index is 13.5. The quantitative estimate of drug-likeness (QED) is 0.732. The Kier molecular flexibility index (Phi) is 2.11. The third kappa shape index (κ3) is 1.47. The number of hydrogen-bond donors (Lipinski definition) is 0. The van der Waals surface area contributed by atoms with Crippen LogP contribution in [0.25, 0.3) is 10.9 Å². The van der Waals surface area contributed by atoms with Crippen molar-refractivity contribution in [2.75, 3.05) is 0 Å². The maximum atomic E-state index is 13.5. The van der Waals surface area contributed by atoms with E-state index >= 15 is 0 Å². The van der Waals surface area contributed by atoms with Gasteiger partial charge in [0, 0.05) is 11.6 Å². The minimum absolute atomic E-state index is 0.0365. The Morgan fingerprint density at radius 3 is 2.56 bits per heavy atom. The standard InChI is InChI=1S/C12H8ClF2N/c13-7-5-10(6-1-2-6)16-12-9(15)4-3-8(14)11(7)12/h3-6H,1-2H2. The number of nitrogens with zero attached hydrogens (tertiary/aromatic N) is 1. The molecule has 4 heteroatoms. The highest BCUT2D eigenvalue weighted by atomic mass is 35.5. The van der Waals surface area contributed by atoms with Gasteiger partial charge in [0.1, 0.15) is 17.2 Å². The van der Waals surface area contributed by atoms with Gasteiger partial charge < -0.3 is 0 Å². The zero-order valence-electron chi connectivity index (χ0n) is 8.30. The monoisotopic (exact) mass is 239 g/mol. The van der Waals surface area contributed by atoms with E-state index in [9.17, 15) is 8.78 Å². The smallest absolute Gasteiger partial charge is 0.149 e. The topological polar surface area (TPSA) is 12.9 Å². The lowest BCUT2D eigenvalue weighted by atomic mass is 10.1. The Labute approximate surface area is 96.1 Å². The normalized spacial score (nSPS) is 15.7. The largest absolute Gasteiger partial charge is 0.249 e. The highest BCUT2D eigenvalue weighted by Gasteiger charge is 2.26. The minimum atomic E-state index is -0.531. The number of rotatable bonds is 1. The Hall–Kier alpha value is -1.22. The number of aromatic nitrogens is 1. The fourth-order valence-corrected chi connectivity index (χ4v) is 2.12. The van der Waals surface area contributed by atoms with Gasteiger partial charge in [0.2, 0.25) is 0 Å². The first-order valence-electron chi connectivity index (χ1n) is 5.11. The van der Waals surface area contributed by atoms with Crippen LogP contribution in [0.4, 0.5) is 8.78 Å². The summed E-state index contributed by atoms with van der Waals surface area (Å²) >= 11 is 5.96. The number of halogens is 3. The summed E-state index contributed by atoms with van der Waals surface area (Å²) in [4.78, 5) is 4.16. The molecule has 82 valence electrons. The molecule has 0 N–H and O–H groups in total. The van der Waals surface area contributed by atoms with Crippen LogP contribution in [0.5, 0.6) is 0 Å². The maximum Gasteiger partial charge on any atom is 0.149 e. The molecule has 0 saturated heterocycles. The summed E-state index contributed by atoms with van der Waals surface area (Å²) in [5.74, 6) is -0.693. The fraction of sp³-hybridized carbons (Fsp3) is 0.250. The predicted molar refractivity (Wildman–Crippen MR) is 58.6 cm³/mol. The summed E-state index contributed by atoms with van der Waals surface area (Å²) < 4.78 is 27.0. The second-order valence-corrected chi connectivity index (χ2v) is 4.46. The summed E-state index contributed by atoms with van der Waals surface area (Å²) in [6.07, 6.45) is 2.09. The third-order valence-corrected chi connectivity index (χ3v) is 3.13. The molecular weight excluding hydrogens is 232 g/mol. The van der Waals surface area contributed by atoms with Crippen molar-refractivity contribution >= 4 is 22.5 Å². The van der Waals surface area contributed by atoms with Crippen molar-refractivity contribution in [2.45, 2.75) is 18.8 Å². The van der Waals surface area contributed by atoms with Gasteiger partial charge >= 0.3 is 0 Å². The fourth-order valence-electron chi connectivity index (χ4n) is 1.83. The number of hydrogen-bond acceptors (Lipinski definition) is 1. The van der Waals surface area contributed by atoms with Crippen LogP contribution in [0, 0.1) is 11.6 Å². The molecule has 0 unspecified atom stereocenters. The second-order valence-electron chi connectivity index (χ2n) is 4.06. The summed E-state index contributed by atoms with van der Waals surface area (Å²) in [6, 6.07) is 3.80. The third-order valence-electron chi connectivity index (χ3n) is 2.83. The molecule has 1 aliphatic carbocycles. The van der Waals surface area contributed by atoms with Crippen LogP contribution in [0.2, 0.25) is 5.02 Å². The van der Waals surface area contributed by atoms with Crippen LogP contribution in [0.15, 0.2) is 18.2 Å². The lowest BCUT2D eigenvalue weighted by Crippen LogP contribution is -1.94. The lowest BCUT2D eigenvalue weighted by molar-refractivity contribution is 0.615. The summed E-state index contributed by atoms with van der Waals surface area (Å²) in [5, 5.41) is 0.315. The van der Waals surface area contributed by atoms with E-state index in [-0.39, 0.29) is 15.9 Å². The molecule has 0 atom stereocenters. The summed E-state index contributed by atoms with van der Waals surface area (Å²) in [6.45, 7) is 0. The Balaban J connectivity index is 2.36. The van der Waals surface area contributed by atoms with E-state index in [0.29, 0.717) is 5.92 Å². The second kappa shape index (κ2) is 3.39. The molecular formula is C12H8ClF2N. The Bertz CT molecular complexity index is 579. The molecule has 1 aromatic carbocycles. The van der Waals surface area contributed by atoms with Crippen LogP contribution in [-0.4, -0.2) is 4.98 Å². The first kappa shape index (κ1) is 9.97. The molecule has 1 heterocycles. The van der Waals surface area contributed by atoms with E-state index in [1.807, 2.05) is 0 Å². The van der Waals surface area contributed by atoms with Crippen LogP contribution in [-0.2, 0) is 0 Å². The van der Waals surface area contributed by atoms with Crippen molar-refractivity contribution in [3.8, 4) is 0 Å². The Morgan fingerprint density at radius 1 is 1.19 bits per heavy atom. The molecule has 0 radical (unpaired) electrons. The lowest BCUT2D eigenvalue weighted by Gasteiger charge is -2.05.